The monoisotopic (exact) mass is 507 g/mol. The van der Waals surface area contributed by atoms with Crippen molar-refractivity contribution >= 4 is 17.4 Å². The molecule has 0 aliphatic carbocycles. The maximum atomic E-state index is 13.3. The molecule has 1 N–H and O–H groups in total. The predicted molar refractivity (Wildman–Crippen MR) is 147 cm³/mol. The molecular weight excluding hydrogens is 466 g/mol. The summed E-state index contributed by atoms with van der Waals surface area (Å²) in [4.78, 5) is 28.1. The standard InChI is InChI=1S/C31H41NO5/c1-8-17-37-25-15-12-23(19-21(25)4)28(33)26-27(22-10-13-24(14-11-22)31(5,6)7)32(30(35)29(26)34)16-9-18-36-20(2)3/h10-15,19-20,27,33H,8-9,16-18H2,1-7H3/b28-26-. The van der Waals surface area contributed by atoms with E-state index in [1.165, 1.54) is 0 Å². The molecular formula is C31H41NO5. The predicted octanol–water partition coefficient (Wildman–Crippen LogP) is 6.32. The van der Waals surface area contributed by atoms with Gasteiger partial charge >= 0.3 is 0 Å². The first-order valence-corrected chi connectivity index (χ1v) is 13.2. The van der Waals surface area contributed by atoms with E-state index in [0.717, 1.165) is 28.9 Å². The van der Waals surface area contributed by atoms with E-state index in [0.29, 0.717) is 31.7 Å². The Balaban J connectivity index is 2.05. The molecule has 1 amide bonds. The Morgan fingerprint density at radius 1 is 1.05 bits per heavy atom. The summed E-state index contributed by atoms with van der Waals surface area (Å²) in [6.07, 6.45) is 1.56. The number of nitrogens with zero attached hydrogens (tertiary/aromatic N) is 1. The molecule has 0 spiro atoms. The average Bonchev–Trinajstić information content (AvgIpc) is 3.09. The van der Waals surface area contributed by atoms with Crippen LogP contribution < -0.4 is 4.74 Å². The van der Waals surface area contributed by atoms with E-state index < -0.39 is 17.7 Å². The number of hydrogen-bond donors (Lipinski definition) is 1. The first-order chi connectivity index (χ1) is 17.5. The summed E-state index contributed by atoms with van der Waals surface area (Å²) in [6, 6.07) is 12.6. The summed E-state index contributed by atoms with van der Waals surface area (Å²) >= 11 is 0. The molecule has 0 bridgehead atoms. The van der Waals surface area contributed by atoms with Gasteiger partial charge in [-0.1, -0.05) is 52.0 Å². The molecule has 37 heavy (non-hydrogen) atoms. The number of hydrogen-bond acceptors (Lipinski definition) is 5. The lowest BCUT2D eigenvalue weighted by Gasteiger charge is -2.26. The van der Waals surface area contributed by atoms with Crippen molar-refractivity contribution in [3.8, 4) is 5.75 Å². The Bertz CT molecular complexity index is 1140. The SMILES string of the molecule is CCCOc1ccc(/C(O)=C2/C(=O)C(=O)N(CCCOC(C)C)C2c2ccc(C(C)(C)C)cc2)cc1C. The van der Waals surface area contributed by atoms with Crippen LogP contribution in [0.25, 0.3) is 5.76 Å². The highest BCUT2D eigenvalue weighted by molar-refractivity contribution is 6.46. The van der Waals surface area contributed by atoms with E-state index in [1.54, 1.807) is 23.1 Å². The molecule has 0 aromatic heterocycles. The topological polar surface area (TPSA) is 76.1 Å². The molecule has 1 heterocycles. The van der Waals surface area contributed by atoms with Crippen molar-refractivity contribution in [2.75, 3.05) is 19.8 Å². The Morgan fingerprint density at radius 2 is 1.73 bits per heavy atom. The minimum Gasteiger partial charge on any atom is -0.507 e. The first-order valence-electron chi connectivity index (χ1n) is 13.2. The van der Waals surface area contributed by atoms with Gasteiger partial charge in [0.05, 0.1) is 24.3 Å². The van der Waals surface area contributed by atoms with E-state index in [9.17, 15) is 14.7 Å². The number of carbonyl (C=O) groups excluding carboxylic acids is 2. The molecule has 1 fully saturated rings. The number of Topliss-reactive ketones (excluding diaryl/α,β-unsaturated/α-hetero) is 1. The van der Waals surface area contributed by atoms with Crippen molar-refractivity contribution in [3.05, 3.63) is 70.3 Å². The van der Waals surface area contributed by atoms with Gasteiger partial charge < -0.3 is 19.5 Å². The Labute approximate surface area is 221 Å². The van der Waals surface area contributed by atoms with Crippen molar-refractivity contribution in [2.45, 2.75) is 78.9 Å². The van der Waals surface area contributed by atoms with Crippen molar-refractivity contribution in [3.63, 3.8) is 0 Å². The third-order valence-electron chi connectivity index (χ3n) is 6.54. The lowest BCUT2D eigenvalue weighted by molar-refractivity contribution is -0.140. The zero-order valence-electron chi connectivity index (χ0n) is 23.3. The highest BCUT2D eigenvalue weighted by Crippen LogP contribution is 2.40. The smallest absolute Gasteiger partial charge is 0.295 e. The van der Waals surface area contributed by atoms with Crippen molar-refractivity contribution in [2.24, 2.45) is 0 Å². The van der Waals surface area contributed by atoms with Gasteiger partial charge in [0.15, 0.2) is 0 Å². The molecule has 6 heteroatoms. The molecule has 3 rings (SSSR count). The van der Waals surface area contributed by atoms with Crippen molar-refractivity contribution < 1.29 is 24.2 Å². The number of rotatable bonds is 10. The summed E-state index contributed by atoms with van der Waals surface area (Å²) in [5, 5.41) is 11.4. The Morgan fingerprint density at radius 3 is 2.30 bits per heavy atom. The van der Waals surface area contributed by atoms with Crippen LogP contribution >= 0.6 is 0 Å². The lowest BCUT2D eigenvalue weighted by atomic mass is 9.85. The first kappa shape index (κ1) is 28.5. The summed E-state index contributed by atoms with van der Waals surface area (Å²) in [5.41, 5.74) is 3.35. The van der Waals surface area contributed by atoms with E-state index in [1.807, 2.05) is 52.0 Å². The number of likely N-dealkylation sites (tertiary alicyclic amines) is 1. The zero-order chi connectivity index (χ0) is 27.3. The number of amides is 1. The summed E-state index contributed by atoms with van der Waals surface area (Å²) < 4.78 is 11.4. The number of aryl methyl sites for hydroxylation is 1. The van der Waals surface area contributed by atoms with Crippen LogP contribution in [0.5, 0.6) is 5.75 Å². The van der Waals surface area contributed by atoms with Gasteiger partial charge in [-0.3, -0.25) is 9.59 Å². The van der Waals surface area contributed by atoms with Gasteiger partial charge in [0.2, 0.25) is 0 Å². The summed E-state index contributed by atoms with van der Waals surface area (Å²) in [5.74, 6) is -0.709. The fourth-order valence-corrected chi connectivity index (χ4v) is 4.50. The minimum atomic E-state index is -0.676. The molecule has 1 aliphatic heterocycles. The Kier molecular flexibility index (Phi) is 9.19. The van der Waals surface area contributed by atoms with Gasteiger partial charge in [0.25, 0.3) is 11.7 Å². The third-order valence-corrected chi connectivity index (χ3v) is 6.54. The lowest BCUT2D eigenvalue weighted by Crippen LogP contribution is -2.31. The summed E-state index contributed by atoms with van der Waals surface area (Å²) in [7, 11) is 0. The largest absolute Gasteiger partial charge is 0.507 e. The molecule has 0 radical (unpaired) electrons. The quantitative estimate of drug-likeness (QED) is 0.176. The number of benzene rings is 2. The highest BCUT2D eigenvalue weighted by Gasteiger charge is 2.45. The van der Waals surface area contributed by atoms with Crippen LogP contribution in [-0.2, 0) is 19.7 Å². The fourth-order valence-electron chi connectivity index (χ4n) is 4.50. The van der Waals surface area contributed by atoms with E-state index in [2.05, 4.69) is 20.8 Å². The van der Waals surface area contributed by atoms with Crippen LogP contribution in [0, 0.1) is 6.92 Å². The fraction of sp³-hybridized carbons (Fsp3) is 0.484. The second-order valence-electron chi connectivity index (χ2n) is 11.0. The zero-order valence-corrected chi connectivity index (χ0v) is 23.3. The maximum Gasteiger partial charge on any atom is 0.295 e. The van der Waals surface area contributed by atoms with E-state index in [4.69, 9.17) is 9.47 Å². The molecule has 0 saturated carbocycles. The van der Waals surface area contributed by atoms with Crippen LogP contribution in [0.15, 0.2) is 48.0 Å². The number of ketones is 1. The third kappa shape index (κ3) is 6.61. The molecule has 1 unspecified atom stereocenters. The van der Waals surface area contributed by atoms with Crippen LogP contribution in [-0.4, -0.2) is 47.6 Å². The number of carbonyl (C=O) groups is 2. The molecule has 1 saturated heterocycles. The van der Waals surface area contributed by atoms with Gasteiger partial charge in [-0.05, 0) is 73.9 Å². The van der Waals surface area contributed by atoms with Crippen molar-refractivity contribution in [1.82, 2.24) is 4.90 Å². The molecule has 6 nitrogen and oxygen atoms in total. The van der Waals surface area contributed by atoms with E-state index in [-0.39, 0.29) is 22.9 Å². The van der Waals surface area contributed by atoms with Gasteiger partial charge in [-0.15, -0.1) is 0 Å². The Hall–Kier alpha value is -3.12. The van der Waals surface area contributed by atoms with Crippen LogP contribution in [0.1, 0.15) is 82.7 Å². The number of ether oxygens (including phenoxy) is 2. The minimum absolute atomic E-state index is 0.0341. The highest BCUT2D eigenvalue weighted by atomic mass is 16.5. The average molecular weight is 508 g/mol. The van der Waals surface area contributed by atoms with Gasteiger partial charge in [-0.25, -0.2) is 0 Å². The molecule has 1 atom stereocenters. The van der Waals surface area contributed by atoms with Crippen LogP contribution in [0.4, 0.5) is 0 Å². The van der Waals surface area contributed by atoms with E-state index >= 15 is 0 Å². The molecule has 200 valence electrons. The second-order valence-corrected chi connectivity index (χ2v) is 11.0. The number of aliphatic hydroxyl groups excluding tert-OH is 1. The summed E-state index contributed by atoms with van der Waals surface area (Å²) in [6.45, 7) is 15.7. The molecule has 2 aromatic carbocycles. The molecule has 1 aliphatic rings. The van der Waals surface area contributed by atoms with Crippen LogP contribution in [0.2, 0.25) is 0 Å². The van der Waals surface area contributed by atoms with Crippen LogP contribution in [0.3, 0.4) is 0 Å². The normalized spacial score (nSPS) is 17.6. The van der Waals surface area contributed by atoms with Crippen molar-refractivity contribution in [1.29, 1.82) is 0 Å². The molecule has 2 aromatic rings. The second kappa shape index (κ2) is 12.0. The van der Waals surface area contributed by atoms with Gasteiger partial charge in [0, 0.05) is 18.7 Å². The number of aliphatic hydroxyl groups is 1. The maximum absolute atomic E-state index is 13.3. The van der Waals surface area contributed by atoms with Gasteiger partial charge in [-0.2, -0.15) is 0 Å². The van der Waals surface area contributed by atoms with Gasteiger partial charge in [0.1, 0.15) is 11.5 Å².